The molecule has 2 heterocycles. The molecule has 0 amide bonds. The third kappa shape index (κ3) is 5.16. The van der Waals surface area contributed by atoms with E-state index in [1.165, 1.54) is 36.2 Å². The fourth-order valence-corrected chi connectivity index (χ4v) is 5.89. The van der Waals surface area contributed by atoms with Crippen LogP contribution in [0.3, 0.4) is 0 Å². The van der Waals surface area contributed by atoms with Crippen molar-refractivity contribution in [3.63, 3.8) is 0 Å². The van der Waals surface area contributed by atoms with E-state index in [9.17, 15) is 8.78 Å². The number of piperidine rings is 1. The Morgan fingerprint density at radius 2 is 1.44 bits per heavy atom. The first-order valence-electron chi connectivity index (χ1n) is 11.6. The van der Waals surface area contributed by atoms with Gasteiger partial charge in [0.2, 0.25) is 0 Å². The molecule has 0 aliphatic carbocycles. The summed E-state index contributed by atoms with van der Waals surface area (Å²) >= 11 is 6.15. The molecule has 2 fully saturated rings. The highest BCUT2D eigenvalue weighted by molar-refractivity contribution is 6.30. The summed E-state index contributed by atoms with van der Waals surface area (Å²) < 4.78 is 33.8. The molecule has 2 saturated heterocycles. The van der Waals surface area contributed by atoms with Crippen LogP contribution in [0, 0.1) is 17.6 Å². The topological polar surface area (TPSA) is 12.5 Å². The summed E-state index contributed by atoms with van der Waals surface area (Å²) in [7, 11) is 2.23. The van der Waals surface area contributed by atoms with Crippen molar-refractivity contribution in [1.82, 2.24) is 4.90 Å². The number of hydrogen-bond acceptors (Lipinski definition) is 2. The van der Waals surface area contributed by atoms with Crippen LogP contribution in [-0.4, -0.2) is 30.6 Å². The second-order valence-corrected chi connectivity index (χ2v) is 9.77. The first kappa shape index (κ1) is 25.1. The van der Waals surface area contributed by atoms with Crippen molar-refractivity contribution < 1.29 is 13.5 Å². The van der Waals surface area contributed by atoms with Gasteiger partial charge in [-0.25, -0.2) is 8.78 Å². The minimum atomic E-state index is -0.387. The van der Waals surface area contributed by atoms with Crippen LogP contribution in [0.15, 0.2) is 72.8 Å². The van der Waals surface area contributed by atoms with Crippen molar-refractivity contribution in [3.05, 3.63) is 106 Å². The molecule has 0 N–H and O–H groups in total. The van der Waals surface area contributed by atoms with Crippen LogP contribution in [0.25, 0.3) is 0 Å². The highest BCUT2D eigenvalue weighted by atomic mass is 35.5. The van der Waals surface area contributed by atoms with E-state index in [1.807, 2.05) is 12.1 Å². The number of rotatable bonds is 6. The minimum absolute atomic E-state index is 0. The third-order valence-corrected chi connectivity index (χ3v) is 7.78. The SMILES string of the molecule is CN1C2CCC1[C@@H](COC(c1ccc(F)cc1)c1ccc(F)cc1)C(c1ccc(Cl)cc1)C2.Cl. The van der Waals surface area contributed by atoms with Crippen LogP contribution in [0.1, 0.15) is 48.0 Å². The first-order chi connectivity index (χ1) is 16.0. The van der Waals surface area contributed by atoms with Gasteiger partial charge in [-0.1, -0.05) is 48.0 Å². The Kier molecular flexibility index (Phi) is 7.94. The van der Waals surface area contributed by atoms with E-state index in [1.54, 1.807) is 24.3 Å². The lowest BCUT2D eigenvalue weighted by Crippen LogP contribution is -2.47. The van der Waals surface area contributed by atoms with E-state index in [2.05, 4.69) is 24.1 Å². The molecule has 3 aromatic carbocycles. The van der Waals surface area contributed by atoms with Gasteiger partial charge in [0.15, 0.2) is 0 Å². The molecule has 0 spiro atoms. The van der Waals surface area contributed by atoms with Gasteiger partial charge in [-0.15, -0.1) is 12.4 Å². The molecule has 3 unspecified atom stereocenters. The van der Waals surface area contributed by atoms with Gasteiger partial charge in [0.25, 0.3) is 0 Å². The van der Waals surface area contributed by atoms with Crippen LogP contribution >= 0.6 is 24.0 Å². The van der Waals surface area contributed by atoms with Gasteiger partial charge >= 0.3 is 0 Å². The molecule has 5 rings (SSSR count). The predicted molar refractivity (Wildman–Crippen MR) is 135 cm³/mol. The first-order valence-corrected chi connectivity index (χ1v) is 12.0. The number of ether oxygens (including phenoxy) is 1. The number of fused-ring (bicyclic) bond motifs is 2. The Bertz CT molecular complexity index is 1030. The summed E-state index contributed by atoms with van der Waals surface area (Å²) in [6.07, 6.45) is 3.08. The number of halogens is 4. The number of nitrogens with zero attached hydrogens (tertiary/aromatic N) is 1. The molecule has 34 heavy (non-hydrogen) atoms. The highest BCUT2D eigenvalue weighted by Crippen LogP contribution is 2.47. The zero-order valence-corrected chi connectivity index (χ0v) is 20.6. The van der Waals surface area contributed by atoms with Crippen molar-refractivity contribution in [3.8, 4) is 0 Å². The molecule has 2 bridgehead atoms. The average molecular weight is 504 g/mol. The molecule has 0 radical (unpaired) electrons. The van der Waals surface area contributed by atoms with E-state index < -0.39 is 0 Å². The van der Waals surface area contributed by atoms with Crippen LogP contribution in [-0.2, 0) is 4.74 Å². The van der Waals surface area contributed by atoms with Gasteiger partial charge < -0.3 is 9.64 Å². The largest absolute Gasteiger partial charge is 0.368 e. The molecule has 180 valence electrons. The predicted octanol–water partition coefficient (Wildman–Crippen LogP) is 7.41. The van der Waals surface area contributed by atoms with Crippen LogP contribution in [0.2, 0.25) is 5.02 Å². The van der Waals surface area contributed by atoms with Crippen molar-refractivity contribution >= 4 is 24.0 Å². The van der Waals surface area contributed by atoms with Gasteiger partial charge in [0, 0.05) is 23.0 Å². The third-order valence-electron chi connectivity index (χ3n) is 7.53. The second kappa shape index (κ2) is 10.7. The van der Waals surface area contributed by atoms with Crippen molar-refractivity contribution in [1.29, 1.82) is 0 Å². The van der Waals surface area contributed by atoms with Crippen molar-refractivity contribution in [2.75, 3.05) is 13.7 Å². The van der Waals surface area contributed by atoms with Crippen LogP contribution < -0.4 is 0 Å². The molecule has 0 aromatic heterocycles. The Hall–Kier alpha value is -1.98. The highest BCUT2D eigenvalue weighted by Gasteiger charge is 2.46. The lowest BCUT2D eigenvalue weighted by molar-refractivity contribution is -0.00339. The lowest BCUT2D eigenvalue weighted by atomic mass is 9.76. The Morgan fingerprint density at radius 1 is 0.882 bits per heavy atom. The molecule has 2 aliphatic rings. The van der Waals surface area contributed by atoms with E-state index >= 15 is 0 Å². The normalized spacial score (nSPS) is 24.3. The zero-order valence-electron chi connectivity index (χ0n) is 19.0. The number of benzene rings is 3. The summed E-state index contributed by atoms with van der Waals surface area (Å²) in [4.78, 5) is 2.52. The summed E-state index contributed by atoms with van der Waals surface area (Å²) in [5.74, 6) is 0.131. The molecule has 4 atom stereocenters. The average Bonchev–Trinajstić information content (AvgIpc) is 3.06. The van der Waals surface area contributed by atoms with E-state index in [-0.39, 0.29) is 30.1 Å². The van der Waals surface area contributed by atoms with Gasteiger partial charge in [0.1, 0.15) is 17.7 Å². The van der Waals surface area contributed by atoms with Crippen molar-refractivity contribution in [2.45, 2.75) is 43.4 Å². The van der Waals surface area contributed by atoms with Crippen LogP contribution in [0.4, 0.5) is 8.78 Å². The van der Waals surface area contributed by atoms with Crippen LogP contribution in [0.5, 0.6) is 0 Å². The second-order valence-electron chi connectivity index (χ2n) is 9.34. The van der Waals surface area contributed by atoms with Gasteiger partial charge in [-0.2, -0.15) is 0 Å². The van der Waals surface area contributed by atoms with Crippen molar-refractivity contribution in [2.24, 2.45) is 5.92 Å². The fourth-order valence-electron chi connectivity index (χ4n) is 5.77. The summed E-state index contributed by atoms with van der Waals surface area (Å²) in [6, 6.07) is 22.0. The standard InChI is InChI=1S/C28H28ClF2NO.ClH/c1-32-24-14-15-27(32)26(25(16-24)18-2-8-21(29)9-3-18)17-33-28(19-4-10-22(30)11-5-19)20-6-12-23(31)13-7-20;/h2-13,24-28H,14-17H2,1H3;1H/t24?,25?,26-,27?;/m0./s1. The fraction of sp³-hybridized carbons (Fsp3) is 0.357. The molecule has 0 saturated carbocycles. The Balaban J connectivity index is 0.00000274. The molecular formula is C28H29Cl2F2NO. The Morgan fingerprint density at radius 3 is 2.00 bits per heavy atom. The molecule has 3 aromatic rings. The smallest absolute Gasteiger partial charge is 0.123 e. The minimum Gasteiger partial charge on any atom is -0.368 e. The monoisotopic (exact) mass is 503 g/mol. The number of hydrogen-bond donors (Lipinski definition) is 0. The quantitative estimate of drug-likeness (QED) is 0.347. The molecule has 6 heteroatoms. The summed E-state index contributed by atoms with van der Waals surface area (Å²) in [5, 5.41) is 0.745. The summed E-state index contributed by atoms with van der Waals surface area (Å²) in [6.45, 7) is 0.564. The maximum absolute atomic E-state index is 13.6. The van der Waals surface area contributed by atoms with E-state index in [0.29, 0.717) is 30.5 Å². The maximum Gasteiger partial charge on any atom is 0.123 e. The molecule has 2 aliphatic heterocycles. The Labute approximate surface area is 211 Å². The zero-order chi connectivity index (χ0) is 22.9. The van der Waals surface area contributed by atoms with Gasteiger partial charge in [0.05, 0.1) is 6.61 Å². The van der Waals surface area contributed by atoms with E-state index in [0.717, 1.165) is 29.0 Å². The molecule has 2 nitrogen and oxygen atoms in total. The lowest BCUT2D eigenvalue weighted by Gasteiger charge is -2.43. The van der Waals surface area contributed by atoms with Gasteiger partial charge in [-0.05, 0) is 85.3 Å². The maximum atomic E-state index is 13.6. The van der Waals surface area contributed by atoms with E-state index in [4.69, 9.17) is 16.3 Å². The summed E-state index contributed by atoms with van der Waals surface area (Å²) in [5.41, 5.74) is 3.03. The molecular weight excluding hydrogens is 475 g/mol. The van der Waals surface area contributed by atoms with Gasteiger partial charge in [-0.3, -0.25) is 0 Å².